The fourth-order valence-corrected chi connectivity index (χ4v) is 4.15. The Bertz CT molecular complexity index is 1070. The second-order valence-corrected chi connectivity index (χ2v) is 8.61. The Labute approximate surface area is 183 Å². The third-order valence-corrected chi connectivity index (χ3v) is 6.16. The van der Waals surface area contributed by atoms with Gasteiger partial charge in [0.05, 0.1) is 5.69 Å². The molecular weight excluding hydrogens is 384 g/mol. The fraction of sp³-hybridized carbons (Fsp3) is 0.333. The number of hydrogen-bond acceptors (Lipinski definition) is 3. The van der Waals surface area contributed by atoms with Gasteiger partial charge in [0.1, 0.15) is 5.69 Å². The lowest BCUT2D eigenvalue weighted by Gasteiger charge is -2.30. The van der Waals surface area contributed by atoms with E-state index in [-0.39, 0.29) is 12.5 Å². The maximum absolute atomic E-state index is 12.6. The molecule has 1 amide bonds. The van der Waals surface area contributed by atoms with Crippen LogP contribution in [0.25, 0.3) is 22.4 Å². The number of rotatable bonds is 7. The summed E-state index contributed by atoms with van der Waals surface area (Å²) in [5.74, 6) is 1.18. The van der Waals surface area contributed by atoms with Crippen LogP contribution in [0.2, 0.25) is 0 Å². The number of anilines is 1. The summed E-state index contributed by atoms with van der Waals surface area (Å²) >= 11 is 0. The smallest absolute Gasteiger partial charge is 0.265 e. The molecule has 31 heavy (non-hydrogen) atoms. The van der Waals surface area contributed by atoms with E-state index in [1.54, 1.807) is 0 Å². The number of hydrogen-bond donors (Lipinski definition) is 0. The zero-order valence-corrected chi connectivity index (χ0v) is 18.0. The van der Waals surface area contributed by atoms with Gasteiger partial charge >= 0.3 is 0 Å². The molecule has 1 saturated carbocycles. The van der Waals surface area contributed by atoms with Crippen molar-refractivity contribution in [3.8, 4) is 28.3 Å². The second-order valence-electron chi connectivity index (χ2n) is 8.61. The molecule has 3 aromatic rings. The summed E-state index contributed by atoms with van der Waals surface area (Å²) in [4.78, 5) is 19.5. The van der Waals surface area contributed by atoms with Crippen molar-refractivity contribution in [2.45, 2.75) is 39.0 Å². The highest BCUT2D eigenvalue weighted by Crippen LogP contribution is 2.42. The lowest BCUT2D eigenvalue weighted by atomic mass is 9.97. The van der Waals surface area contributed by atoms with Crippen molar-refractivity contribution in [3.05, 3.63) is 66.2 Å². The zero-order chi connectivity index (χ0) is 21.2. The van der Waals surface area contributed by atoms with Crippen molar-refractivity contribution in [1.29, 1.82) is 0 Å². The SMILES string of the molecule is CCCCc1ccc(-c2nc3c(cc2-c2ccccc2)N(CC2CC2)C(=O)CO3)cc1. The Hall–Kier alpha value is -3.14. The Morgan fingerprint density at radius 1 is 1.03 bits per heavy atom. The fourth-order valence-electron chi connectivity index (χ4n) is 4.15. The van der Waals surface area contributed by atoms with Crippen molar-refractivity contribution in [2.75, 3.05) is 18.1 Å². The zero-order valence-electron chi connectivity index (χ0n) is 18.0. The molecule has 0 spiro atoms. The molecule has 0 unspecified atom stereocenters. The van der Waals surface area contributed by atoms with Crippen LogP contribution >= 0.6 is 0 Å². The van der Waals surface area contributed by atoms with Crippen molar-refractivity contribution < 1.29 is 9.53 Å². The molecule has 2 aromatic carbocycles. The minimum atomic E-state index is 0.0215. The van der Waals surface area contributed by atoms with Crippen LogP contribution in [-0.4, -0.2) is 24.0 Å². The van der Waals surface area contributed by atoms with Gasteiger partial charge in [-0.2, -0.15) is 0 Å². The second kappa shape index (κ2) is 8.54. The Morgan fingerprint density at radius 2 is 1.81 bits per heavy atom. The van der Waals surface area contributed by atoms with Crippen molar-refractivity contribution >= 4 is 11.6 Å². The van der Waals surface area contributed by atoms with Crippen molar-refractivity contribution in [1.82, 2.24) is 4.98 Å². The first-order valence-electron chi connectivity index (χ1n) is 11.4. The van der Waals surface area contributed by atoms with E-state index in [0.29, 0.717) is 11.8 Å². The molecule has 2 aliphatic rings. The third kappa shape index (κ3) is 4.20. The molecule has 5 rings (SSSR count). The van der Waals surface area contributed by atoms with Gasteiger partial charge in [0.2, 0.25) is 5.88 Å². The van der Waals surface area contributed by atoms with Gasteiger partial charge in [-0.25, -0.2) is 4.98 Å². The Balaban J connectivity index is 1.59. The number of benzene rings is 2. The van der Waals surface area contributed by atoms with Gasteiger partial charge < -0.3 is 9.64 Å². The quantitative estimate of drug-likeness (QED) is 0.486. The van der Waals surface area contributed by atoms with Crippen LogP contribution in [0.15, 0.2) is 60.7 Å². The van der Waals surface area contributed by atoms with Gasteiger partial charge in [-0.1, -0.05) is 67.9 Å². The van der Waals surface area contributed by atoms with Crippen LogP contribution in [0.5, 0.6) is 5.88 Å². The predicted octanol–water partition coefficient (Wildman–Crippen LogP) is 5.89. The molecule has 158 valence electrons. The summed E-state index contributed by atoms with van der Waals surface area (Å²) < 4.78 is 5.80. The molecule has 2 heterocycles. The number of aromatic nitrogens is 1. The van der Waals surface area contributed by atoms with E-state index in [0.717, 1.165) is 41.0 Å². The van der Waals surface area contributed by atoms with E-state index >= 15 is 0 Å². The summed E-state index contributed by atoms with van der Waals surface area (Å²) in [5, 5.41) is 0. The minimum Gasteiger partial charge on any atom is -0.466 e. The van der Waals surface area contributed by atoms with Crippen LogP contribution in [0, 0.1) is 5.92 Å². The normalized spacial score (nSPS) is 15.5. The third-order valence-electron chi connectivity index (χ3n) is 6.16. The van der Waals surface area contributed by atoms with Crippen LogP contribution in [0.1, 0.15) is 38.2 Å². The number of pyridine rings is 1. The first kappa shape index (κ1) is 19.8. The monoisotopic (exact) mass is 412 g/mol. The van der Waals surface area contributed by atoms with Crippen LogP contribution in [0.3, 0.4) is 0 Å². The van der Waals surface area contributed by atoms with Crippen molar-refractivity contribution in [3.63, 3.8) is 0 Å². The number of unbranched alkanes of at least 4 members (excludes halogenated alkanes) is 1. The van der Waals surface area contributed by atoms with Crippen LogP contribution < -0.4 is 9.64 Å². The summed E-state index contributed by atoms with van der Waals surface area (Å²) in [7, 11) is 0. The Morgan fingerprint density at radius 3 is 2.52 bits per heavy atom. The molecule has 0 bridgehead atoms. The average Bonchev–Trinajstić information content (AvgIpc) is 3.64. The van der Waals surface area contributed by atoms with E-state index < -0.39 is 0 Å². The maximum Gasteiger partial charge on any atom is 0.265 e. The number of nitrogens with zero attached hydrogens (tertiary/aromatic N) is 2. The van der Waals surface area contributed by atoms with Gasteiger partial charge in [0.25, 0.3) is 5.91 Å². The molecular formula is C27H28N2O2. The predicted molar refractivity (Wildman–Crippen MR) is 124 cm³/mol. The molecule has 0 atom stereocenters. The summed E-state index contributed by atoms with van der Waals surface area (Å²) in [6.07, 6.45) is 5.88. The van der Waals surface area contributed by atoms with Crippen LogP contribution in [-0.2, 0) is 11.2 Å². The molecule has 4 heteroatoms. The molecule has 1 fully saturated rings. The lowest BCUT2D eigenvalue weighted by Crippen LogP contribution is -2.40. The number of carbonyl (C=O) groups is 1. The number of aryl methyl sites for hydroxylation is 1. The number of ether oxygens (including phenoxy) is 1. The van der Waals surface area contributed by atoms with E-state index in [4.69, 9.17) is 9.72 Å². The lowest BCUT2D eigenvalue weighted by molar-refractivity contribution is -0.121. The number of amides is 1. The first-order valence-corrected chi connectivity index (χ1v) is 11.4. The molecule has 0 N–H and O–H groups in total. The van der Waals surface area contributed by atoms with E-state index in [1.165, 1.54) is 31.2 Å². The van der Waals surface area contributed by atoms with Gasteiger partial charge in [-0.15, -0.1) is 0 Å². The highest BCUT2D eigenvalue weighted by molar-refractivity contribution is 5.99. The molecule has 0 saturated heterocycles. The molecule has 1 aliphatic heterocycles. The van der Waals surface area contributed by atoms with E-state index in [9.17, 15) is 4.79 Å². The minimum absolute atomic E-state index is 0.0215. The van der Waals surface area contributed by atoms with Crippen molar-refractivity contribution in [2.24, 2.45) is 5.92 Å². The summed E-state index contributed by atoms with van der Waals surface area (Å²) in [6.45, 7) is 3.04. The molecule has 4 nitrogen and oxygen atoms in total. The summed E-state index contributed by atoms with van der Waals surface area (Å²) in [6, 6.07) is 21.1. The van der Waals surface area contributed by atoms with Crippen LogP contribution in [0.4, 0.5) is 5.69 Å². The van der Waals surface area contributed by atoms with E-state index in [1.807, 2.05) is 23.1 Å². The summed E-state index contributed by atoms with van der Waals surface area (Å²) in [5.41, 5.74) is 6.23. The Kier molecular flexibility index (Phi) is 5.46. The highest BCUT2D eigenvalue weighted by Gasteiger charge is 2.33. The molecule has 1 aliphatic carbocycles. The highest BCUT2D eigenvalue weighted by atomic mass is 16.5. The van der Waals surface area contributed by atoms with Gasteiger partial charge in [0, 0.05) is 17.7 Å². The largest absolute Gasteiger partial charge is 0.466 e. The topological polar surface area (TPSA) is 42.4 Å². The van der Waals surface area contributed by atoms with Gasteiger partial charge in [0.15, 0.2) is 6.61 Å². The van der Waals surface area contributed by atoms with Gasteiger partial charge in [-0.3, -0.25) is 4.79 Å². The standard InChI is InChI=1S/C27H28N2O2/c1-2-3-7-19-12-14-22(15-13-19)26-23(21-8-5-4-6-9-21)16-24-27(28-26)31-18-25(30)29(24)17-20-10-11-20/h4-6,8-9,12-16,20H,2-3,7,10-11,17-18H2,1H3. The molecule has 0 radical (unpaired) electrons. The number of fused-ring (bicyclic) bond motifs is 1. The first-order chi connectivity index (χ1) is 15.2. The molecule has 1 aromatic heterocycles. The number of carbonyl (C=O) groups excluding carboxylic acids is 1. The maximum atomic E-state index is 12.6. The average molecular weight is 413 g/mol. The van der Waals surface area contributed by atoms with Gasteiger partial charge in [-0.05, 0) is 48.8 Å². The van der Waals surface area contributed by atoms with E-state index in [2.05, 4.69) is 49.4 Å².